The number of carbonyl (C=O) groups is 3. The summed E-state index contributed by atoms with van der Waals surface area (Å²) in [6.45, 7) is 4.12. The molecule has 3 N–H and O–H groups in total. The number of fused-ring (bicyclic) bond motifs is 2. The van der Waals surface area contributed by atoms with Gasteiger partial charge in [0.25, 0.3) is 5.91 Å². The number of amides is 4. The zero-order chi connectivity index (χ0) is 22.8. The average molecular weight is 455 g/mol. The van der Waals surface area contributed by atoms with Gasteiger partial charge in [-0.3, -0.25) is 9.59 Å². The van der Waals surface area contributed by atoms with Crippen LogP contribution >= 0.6 is 11.6 Å². The summed E-state index contributed by atoms with van der Waals surface area (Å²) in [5.41, 5.74) is 2.30. The van der Waals surface area contributed by atoms with Crippen LogP contribution in [0.4, 0.5) is 10.5 Å². The van der Waals surface area contributed by atoms with Crippen molar-refractivity contribution in [2.75, 3.05) is 25.5 Å². The van der Waals surface area contributed by atoms with E-state index in [0.717, 1.165) is 11.1 Å². The van der Waals surface area contributed by atoms with Gasteiger partial charge in [0.1, 0.15) is 11.8 Å². The Bertz CT molecular complexity index is 1100. The van der Waals surface area contributed by atoms with Crippen LogP contribution in [0, 0.1) is 0 Å². The van der Waals surface area contributed by atoms with Crippen molar-refractivity contribution in [3.8, 4) is 16.9 Å². The Kier molecular flexibility index (Phi) is 6.05. The van der Waals surface area contributed by atoms with Crippen LogP contribution in [0.15, 0.2) is 49.1 Å². The van der Waals surface area contributed by atoms with Gasteiger partial charge < -0.3 is 25.6 Å². The molecule has 0 unspecified atom stereocenters. The van der Waals surface area contributed by atoms with Gasteiger partial charge in [-0.05, 0) is 42.3 Å². The predicted octanol–water partition coefficient (Wildman–Crippen LogP) is 3.04. The fourth-order valence-electron chi connectivity index (χ4n) is 4.09. The first-order chi connectivity index (χ1) is 15.4. The predicted molar refractivity (Wildman–Crippen MR) is 122 cm³/mol. The van der Waals surface area contributed by atoms with E-state index in [1.54, 1.807) is 43.5 Å². The normalized spacial score (nSPS) is 19.4. The summed E-state index contributed by atoms with van der Waals surface area (Å²) < 4.78 is 5.44. The molecule has 0 radical (unpaired) electrons. The summed E-state index contributed by atoms with van der Waals surface area (Å²) in [6, 6.07) is 9.14. The van der Waals surface area contributed by atoms with Gasteiger partial charge in [0.05, 0.1) is 24.4 Å². The molecule has 0 aromatic heterocycles. The van der Waals surface area contributed by atoms with Crippen molar-refractivity contribution in [3.63, 3.8) is 0 Å². The number of hydrogen-bond acceptors (Lipinski definition) is 4. The van der Waals surface area contributed by atoms with E-state index in [1.165, 1.54) is 4.90 Å². The lowest BCUT2D eigenvalue weighted by Crippen LogP contribution is -2.44. The minimum absolute atomic E-state index is 0.239. The molecule has 2 aromatic carbocycles. The van der Waals surface area contributed by atoms with Gasteiger partial charge in [-0.2, -0.15) is 0 Å². The van der Waals surface area contributed by atoms with Crippen molar-refractivity contribution >= 4 is 35.1 Å². The van der Waals surface area contributed by atoms with E-state index in [2.05, 4.69) is 22.5 Å². The van der Waals surface area contributed by atoms with Crippen LogP contribution < -0.4 is 20.7 Å². The maximum atomic E-state index is 13.4. The smallest absolute Gasteiger partial charge is 0.315 e. The fraction of sp³-hybridized carbons (Fsp3) is 0.261. The number of carbonyl (C=O) groups excluding carboxylic acids is 3. The minimum Gasteiger partial charge on any atom is -0.496 e. The highest BCUT2D eigenvalue weighted by Crippen LogP contribution is 2.36. The van der Waals surface area contributed by atoms with Crippen molar-refractivity contribution < 1.29 is 19.1 Å². The molecule has 2 aliphatic heterocycles. The number of nitrogens with one attached hydrogen (secondary N) is 3. The molecule has 2 aromatic rings. The Morgan fingerprint density at radius 2 is 2.09 bits per heavy atom. The number of hydrogen-bond donors (Lipinski definition) is 3. The van der Waals surface area contributed by atoms with E-state index in [0.29, 0.717) is 35.0 Å². The minimum atomic E-state index is -0.663. The van der Waals surface area contributed by atoms with Crippen LogP contribution in [0.5, 0.6) is 5.75 Å². The molecule has 0 spiro atoms. The molecule has 2 atom stereocenters. The summed E-state index contributed by atoms with van der Waals surface area (Å²) in [5.74, 6) is 0.0660. The molecule has 2 aliphatic rings. The molecular formula is C23H23ClN4O4. The van der Waals surface area contributed by atoms with E-state index in [1.807, 2.05) is 6.07 Å². The summed E-state index contributed by atoms with van der Waals surface area (Å²) in [7, 11) is 1.56. The monoisotopic (exact) mass is 454 g/mol. The number of benzene rings is 2. The molecule has 2 heterocycles. The highest BCUT2D eigenvalue weighted by molar-refractivity contribution is 6.31. The highest BCUT2D eigenvalue weighted by atomic mass is 35.5. The lowest BCUT2D eigenvalue weighted by Gasteiger charge is -2.20. The molecule has 4 rings (SSSR count). The Labute approximate surface area is 190 Å². The van der Waals surface area contributed by atoms with Crippen molar-refractivity contribution in [2.24, 2.45) is 0 Å². The third-order valence-corrected chi connectivity index (χ3v) is 5.82. The molecule has 9 heteroatoms. The molecule has 0 saturated carbocycles. The zero-order valence-electron chi connectivity index (χ0n) is 17.5. The number of urea groups is 1. The first-order valence-corrected chi connectivity index (χ1v) is 10.5. The molecule has 0 aliphatic carbocycles. The number of halogens is 1. The second kappa shape index (κ2) is 8.92. The number of rotatable bonds is 5. The maximum Gasteiger partial charge on any atom is 0.315 e. The molecule has 1 fully saturated rings. The standard InChI is InChI=1S/C23H23ClN4O4/c1-3-8-25-23(31)26-15-11-19-21(29)27-18-6-4-13(9-17(18)22(30)28(19)12-15)16-10-14(24)5-7-20(16)32-2/h3-7,9-10,15,19H,1,8,11-12H2,2H3,(H,27,29)(H2,25,26,31)/t15-,19-/m0/s1. The van der Waals surface area contributed by atoms with E-state index in [4.69, 9.17) is 16.3 Å². The summed E-state index contributed by atoms with van der Waals surface area (Å²) in [6.07, 6.45) is 1.91. The second-order valence-electron chi connectivity index (χ2n) is 7.64. The molecule has 1 saturated heterocycles. The Morgan fingerprint density at radius 3 is 2.84 bits per heavy atom. The zero-order valence-corrected chi connectivity index (χ0v) is 18.2. The van der Waals surface area contributed by atoms with Crippen molar-refractivity contribution in [1.29, 1.82) is 0 Å². The Hall–Kier alpha value is -3.52. The topological polar surface area (TPSA) is 99.8 Å². The summed E-state index contributed by atoms with van der Waals surface area (Å²) in [5, 5.41) is 8.84. The van der Waals surface area contributed by atoms with Gasteiger partial charge >= 0.3 is 6.03 Å². The third kappa shape index (κ3) is 4.13. The van der Waals surface area contributed by atoms with Crippen molar-refractivity contribution in [2.45, 2.75) is 18.5 Å². The van der Waals surface area contributed by atoms with E-state index in [9.17, 15) is 14.4 Å². The average Bonchev–Trinajstić information content (AvgIpc) is 3.17. The molecule has 166 valence electrons. The first kappa shape index (κ1) is 21.7. The fourth-order valence-corrected chi connectivity index (χ4v) is 4.26. The molecule has 4 amide bonds. The van der Waals surface area contributed by atoms with Crippen LogP contribution in [0.2, 0.25) is 5.02 Å². The van der Waals surface area contributed by atoms with E-state index >= 15 is 0 Å². The van der Waals surface area contributed by atoms with E-state index < -0.39 is 6.04 Å². The Morgan fingerprint density at radius 1 is 1.28 bits per heavy atom. The van der Waals surface area contributed by atoms with Crippen LogP contribution in [-0.2, 0) is 4.79 Å². The first-order valence-electron chi connectivity index (χ1n) is 10.2. The quantitative estimate of drug-likeness (QED) is 0.604. The molecular weight excluding hydrogens is 432 g/mol. The third-order valence-electron chi connectivity index (χ3n) is 5.59. The van der Waals surface area contributed by atoms with Gasteiger partial charge in [-0.1, -0.05) is 23.7 Å². The van der Waals surface area contributed by atoms with Gasteiger partial charge in [0.2, 0.25) is 5.91 Å². The SMILES string of the molecule is C=CCNC(=O)N[C@H]1C[C@H]2C(=O)Nc3ccc(-c4cc(Cl)ccc4OC)cc3C(=O)N2C1. The molecule has 8 nitrogen and oxygen atoms in total. The summed E-state index contributed by atoms with van der Waals surface area (Å²) in [4.78, 5) is 39.7. The number of anilines is 1. The largest absolute Gasteiger partial charge is 0.496 e. The number of nitrogens with zero attached hydrogens (tertiary/aromatic N) is 1. The maximum absolute atomic E-state index is 13.4. The van der Waals surface area contributed by atoms with Crippen LogP contribution in [-0.4, -0.2) is 55.0 Å². The van der Waals surface area contributed by atoms with Gasteiger partial charge in [0, 0.05) is 23.7 Å². The summed E-state index contributed by atoms with van der Waals surface area (Å²) >= 11 is 6.17. The molecule has 0 bridgehead atoms. The number of ether oxygens (including phenoxy) is 1. The van der Waals surface area contributed by atoms with Gasteiger partial charge in [-0.15, -0.1) is 6.58 Å². The van der Waals surface area contributed by atoms with E-state index in [-0.39, 0.29) is 30.4 Å². The van der Waals surface area contributed by atoms with Gasteiger partial charge in [-0.25, -0.2) is 4.79 Å². The number of methoxy groups -OCH3 is 1. The lowest BCUT2D eigenvalue weighted by molar-refractivity contribution is -0.119. The van der Waals surface area contributed by atoms with Gasteiger partial charge in [0.15, 0.2) is 0 Å². The van der Waals surface area contributed by atoms with Crippen LogP contribution in [0.1, 0.15) is 16.8 Å². The Balaban J connectivity index is 1.63. The lowest BCUT2D eigenvalue weighted by atomic mass is 10.0. The van der Waals surface area contributed by atoms with Crippen LogP contribution in [0.3, 0.4) is 0 Å². The highest BCUT2D eigenvalue weighted by Gasteiger charge is 2.43. The van der Waals surface area contributed by atoms with Crippen molar-refractivity contribution in [3.05, 3.63) is 59.6 Å². The van der Waals surface area contributed by atoms with Crippen LogP contribution in [0.25, 0.3) is 11.1 Å². The molecule has 32 heavy (non-hydrogen) atoms. The second-order valence-corrected chi connectivity index (χ2v) is 8.08. The van der Waals surface area contributed by atoms with Crippen molar-refractivity contribution in [1.82, 2.24) is 15.5 Å².